The fourth-order valence-corrected chi connectivity index (χ4v) is 2.46. The Morgan fingerprint density at radius 2 is 1.79 bits per heavy atom. The smallest absolute Gasteiger partial charge is 0.187 e. The van der Waals surface area contributed by atoms with Crippen molar-refractivity contribution in [2.24, 2.45) is 0 Å². The third kappa shape index (κ3) is 2.02. The summed E-state index contributed by atoms with van der Waals surface area (Å²) in [6.45, 7) is 9.12. The van der Waals surface area contributed by atoms with Crippen LogP contribution in [0.1, 0.15) is 0 Å². The van der Waals surface area contributed by atoms with Crippen LogP contribution in [0.4, 0.5) is 11.4 Å². The van der Waals surface area contributed by atoms with Crippen molar-refractivity contribution in [1.82, 2.24) is 0 Å². The molecule has 1 aromatic rings. The summed E-state index contributed by atoms with van der Waals surface area (Å²) >= 11 is 2.01. The van der Waals surface area contributed by atoms with E-state index in [-0.39, 0.29) is 0 Å². The summed E-state index contributed by atoms with van der Waals surface area (Å²) in [5, 5.41) is 0. The summed E-state index contributed by atoms with van der Waals surface area (Å²) in [6, 6.07) is 7.88. The average molecular weight is 204 g/mol. The van der Waals surface area contributed by atoms with Crippen molar-refractivity contribution in [1.29, 1.82) is 0 Å². The van der Waals surface area contributed by atoms with Crippen LogP contribution in [0.5, 0.6) is 0 Å². The molecule has 1 fully saturated rings. The summed E-state index contributed by atoms with van der Waals surface area (Å²) in [5.41, 5.74) is 1.97. The van der Waals surface area contributed by atoms with Gasteiger partial charge in [0.05, 0.1) is 6.57 Å². The first kappa shape index (κ1) is 9.42. The molecule has 2 nitrogen and oxygen atoms in total. The van der Waals surface area contributed by atoms with Crippen molar-refractivity contribution in [3.8, 4) is 0 Å². The van der Waals surface area contributed by atoms with Crippen LogP contribution in [0.2, 0.25) is 0 Å². The Morgan fingerprint density at radius 1 is 1.14 bits per heavy atom. The Kier molecular flexibility index (Phi) is 2.95. The van der Waals surface area contributed by atoms with Crippen molar-refractivity contribution >= 4 is 23.1 Å². The van der Waals surface area contributed by atoms with Gasteiger partial charge in [0, 0.05) is 30.3 Å². The van der Waals surface area contributed by atoms with Gasteiger partial charge in [0.25, 0.3) is 0 Å². The zero-order valence-electron chi connectivity index (χ0n) is 7.94. The lowest BCUT2D eigenvalue weighted by atomic mass is 10.2. The number of benzene rings is 1. The van der Waals surface area contributed by atoms with Crippen molar-refractivity contribution in [2.75, 3.05) is 29.5 Å². The monoisotopic (exact) mass is 204 g/mol. The molecule has 0 aromatic heterocycles. The summed E-state index contributed by atoms with van der Waals surface area (Å²) in [5.74, 6) is 2.43. The lowest BCUT2D eigenvalue weighted by molar-refractivity contribution is 0.859. The molecule has 0 unspecified atom stereocenters. The minimum absolute atomic E-state index is 0.722. The van der Waals surface area contributed by atoms with Gasteiger partial charge < -0.3 is 4.90 Å². The largest absolute Gasteiger partial charge is 0.370 e. The molecular weight excluding hydrogens is 192 g/mol. The minimum atomic E-state index is 0.722. The zero-order valence-corrected chi connectivity index (χ0v) is 8.76. The quantitative estimate of drug-likeness (QED) is 0.650. The molecule has 1 heterocycles. The van der Waals surface area contributed by atoms with E-state index in [1.807, 2.05) is 36.0 Å². The van der Waals surface area contributed by atoms with Crippen LogP contribution in [0.25, 0.3) is 4.85 Å². The van der Waals surface area contributed by atoms with E-state index in [1.54, 1.807) is 0 Å². The normalized spacial score (nSPS) is 16.4. The molecule has 14 heavy (non-hydrogen) atoms. The van der Waals surface area contributed by atoms with E-state index >= 15 is 0 Å². The van der Waals surface area contributed by atoms with E-state index in [1.165, 1.54) is 17.2 Å². The highest BCUT2D eigenvalue weighted by atomic mass is 32.2. The molecule has 0 aliphatic carbocycles. The number of hydrogen-bond acceptors (Lipinski definition) is 2. The molecule has 0 saturated carbocycles. The molecular formula is C11H12N2S. The molecule has 2 rings (SSSR count). The molecule has 3 heteroatoms. The SMILES string of the molecule is [C-]#[N+]c1ccc(N2CCSCC2)cc1. The van der Waals surface area contributed by atoms with E-state index in [4.69, 9.17) is 6.57 Å². The van der Waals surface area contributed by atoms with Gasteiger partial charge in [-0.1, -0.05) is 12.1 Å². The third-order valence-corrected chi connectivity index (χ3v) is 3.30. The summed E-state index contributed by atoms with van der Waals surface area (Å²) < 4.78 is 0. The van der Waals surface area contributed by atoms with Gasteiger partial charge in [-0.3, -0.25) is 0 Å². The van der Waals surface area contributed by atoms with Crippen LogP contribution in [0, 0.1) is 6.57 Å². The Balaban J connectivity index is 2.12. The van der Waals surface area contributed by atoms with E-state index in [0.717, 1.165) is 18.8 Å². The van der Waals surface area contributed by atoms with Crippen molar-refractivity contribution in [3.63, 3.8) is 0 Å². The summed E-state index contributed by atoms with van der Waals surface area (Å²) in [6.07, 6.45) is 0. The summed E-state index contributed by atoms with van der Waals surface area (Å²) in [4.78, 5) is 5.76. The van der Waals surface area contributed by atoms with Crippen LogP contribution in [0.15, 0.2) is 24.3 Å². The highest BCUT2D eigenvalue weighted by Gasteiger charge is 2.10. The first-order chi connectivity index (χ1) is 6.90. The van der Waals surface area contributed by atoms with Crippen LogP contribution in [-0.2, 0) is 0 Å². The molecule has 1 aromatic carbocycles. The van der Waals surface area contributed by atoms with Gasteiger partial charge >= 0.3 is 0 Å². The maximum absolute atomic E-state index is 6.87. The topological polar surface area (TPSA) is 7.60 Å². The Bertz CT molecular complexity index is 333. The molecule has 0 spiro atoms. The van der Waals surface area contributed by atoms with Gasteiger partial charge in [-0.2, -0.15) is 11.8 Å². The molecule has 0 bridgehead atoms. The lowest BCUT2D eigenvalue weighted by Gasteiger charge is -2.28. The number of rotatable bonds is 1. The predicted octanol–water partition coefficient (Wildman–Crippen LogP) is 2.79. The van der Waals surface area contributed by atoms with E-state index < -0.39 is 0 Å². The van der Waals surface area contributed by atoms with Crippen LogP contribution in [-0.4, -0.2) is 24.6 Å². The second-order valence-corrected chi connectivity index (χ2v) is 4.45. The van der Waals surface area contributed by atoms with Crippen LogP contribution in [0.3, 0.4) is 0 Å². The fraction of sp³-hybridized carbons (Fsp3) is 0.364. The van der Waals surface area contributed by atoms with Gasteiger partial charge in [0.2, 0.25) is 0 Å². The Hall–Kier alpha value is -1.14. The van der Waals surface area contributed by atoms with Crippen molar-refractivity contribution in [2.45, 2.75) is 0 Å². The lowest BCUT2D eigenvalue weighted by Crippen LogP contribution is -2.32. The molecule has 1 aliphatic heterocycles. The maximum Gasteiger partial charge on any atom is 0.187 e. The van der Waals surface area contributed by atoms with E-state index in [0.29, 0.717) is 0 Å². The second-order valence-electron chi connectivity index (χ2n) is 3.23. The van der Waals surface area contributed by atoms with E-state index in [2.05, 4.69) is 9.74 Å². The highest BCUT2D eigenvalue weighted by molar-refractivity contribution is 7.99. The molecule has 0 N–H and O–H groups in total. The Morgan fingerprint density at radius 3 is 2.36 bits per heavy atom. The number of thioether (sulfide) groups is 1. The van der Waals surface area contributed by atoms with Gasteiger partial charge in [0.15, 0.2) is 5.69 Å². The number of nitrogens with zero attached hydrogens (tertiary/aromatic N) is 2. The molecule has 1 saturated heterocycles. The van der Waals surface area contributed by atoms with Crippen molar-refractivity contribution in [3.05, 3.63) is 35.7 Å². The highest BCUT2D eigenvalue weighted by Crippen LogP contribution is 2.22. The van der Waals surface area contributed by atoms with Gasteiger partial charge in [0.1, 0.15) is 0 Å². The number of anilines is 1. The van der Waals surface area contributed by atoms with Crippen molar-refractivity contribution < 1.29 is 0 Å². The second kappa shape index (κ2) is 4.39. The standard InChI is InChI=1S/C11H12N2S/c1-12-10-2-4-11(5-3-10)13-6-8-14-9-7-13/h2-5H,6-9H2. The third-order valence-electron chi connectivity index (χ3n) is 2.36. The average Bonchev–Trinajstić information content (AvgIpc) is 2.30. The van der Waals surface area contributed by atoms with Gasteiger partial charge in [-0.05, 0) is 12.1 Å². The molecule has 0 atom stereocenters. The molecule has 1 aliphatic rings. The minimum Gasteiger partial charge on any atom is -0.370 e. The van der Waals surface area contributed by atoms with E-state index in [9.17, 15) is 0 Å². The summed E-state index contributed by atoms with van der Waals surface area (Å²) in [7, 11) is 0. The predicted molar refractivity (Wildman–Crippen MR) is 62.2 cm³/mol. The Labute approximate surface area is 88.7 Å². The first-order valence-corrected chi connectivity index (χ1v) is 5.86. The molecule has 0 radical (unpaired) electrons. The maximum atomic E-state index is 6.87. The fourth-order valence-electron chi connectivity index (χ4n) is 1.56. The van der Waals surface area contributed by atoms with Crippen LogP contribution >= 0.6 is 11.8 Å². The molecule has 72 valence electrons. The van der Waals surface area contributed by atoms with Gasteiger partial charge in [-0.25, -0.2) is 4.85 Å². The molecule has 0 amide bonds. The van der Waals surface area contributed by atoms with Crippen LogP contribution < -0.4 is 4.90 Å². The zero-order chi connectivity index (χ0) is 9.80. The number of hydrogen-bond donors (Lipinski definition) is 0. The van der Waals surface area contributed by atoms with Gasteiger partial charge in [-0.15, -0.1) is 0 Å². The first-order valence-electron chi connectivity index (χ1n) is 4.70.